The van der Waals surface area contributed by atoms with Gasteiger partial charge in [0, 0.05) is 12.1 Å². The molecule has 2 aromatic carbocycles. The van der Waals surface area contributed by atoms with E-state index in [-0.39, 0.29) is 35.2 Å². The predicted octanol–water partition coefficient (Wildman–Crippen LogP) is 4.68. The molecule has 5 aromatic rings. The SMILES string of the molecule is CC[C@@H]1C[C@H](OC(=O)Cc2ccccc2)CC1c1nnc2cnc3c(ccn3S(=O)(=O)c3ccc(C)cc3)n12. The van der Waals surface area contributed by atoms with Crippen LogP contribution in [-0.4, -0.2) is 44.0 Å². The number of carbonyl (C=O) groups excluding carboxylic acids is 1. The largest absolute Gasteiger partial charge is 0.462 e. The minimum Gasteiger partial charge on any atom is -0.462 e. The number of esters is 1. The topological polar surface area (TPSA) is 108 Å². The first-order valence-electron chi connectivity index (χ1n) is 13.1. The summed E-state index contributed by atoms with van der Waals surface area (Å²) in [5, 5.41) is 8.87. The van der Waals surface area contributed by atoms with E-state index in [1.54, 1.807) is 36.5 Å². The van der Waals surface area contributed by atoms with E-state index in [0.29, 0.717) is 23.2 Å². The number of benzene rings is 2. The van der Waals surface area contributed by atoms with Gasteiger partial charge < -0.3 is 4.74 Å². The third-order valence-electron chi connectivity index (χ3n) is 7.64. The molecule has 0 bridgehead atoms. The normalized spacial score (nSPS) is 19.6. The van der Waals surface area contributed by atoms with E-state index in [0.717, 1.165) is 29.8 Å². The number of hydrogen-bond acceptors (Lipinski definition) is 7. The van der Waals surface area contributed by atoms with Gasteiger partial charge in [0.2, 0.25) is 0 Å². The van der Waals surface area contributed by atoms with E-state index < -0.39 is 10.0 Å². The number of ether oxygens (including phenoxy) is 1. The maximum absolute atomic E-state index is 13.4. The lowest BCUT2D eigenvalue weighted by Gasteiger charge is -2.16. The summed E-state index contributed by atoms with van der Waals surface area (Å²) >= 11 is 0. The lowest BCUT2D eigenvalue weighted by atomic mass is 9.93. The van der Waals surface area contributed by atoms with E-state index in [4.69, 9.17) is 4.74 Å². The second-order valence-electron chi connectivity index (χ2n) is 10.2. The third-order valence-corrected chi connectivity index (χ3v) is 9.32. The molecular weight excluding hydrogens is 514 g/mol. The minimum atomic E-state index is -3.84. The van der Waals surface area contributed by atoms with Crippen molar-refractivity contribution in [3.05, 3.63) is 90.0 Å². The molecule has 1 unspecified atom stereocenters. The highest BCUT2D eigenvalue weighted by Crippen LogP contribution is 2.43. The van der Waals surface area contributed by atoms with Crippen LogP contribution in [0.4, 0.5) is 0 Å². The van der Waals surface area contributed by atoms with Crippen LogP contribution in [0, 0.1) is 12.8 Å². The van der Waals surface area contributed by atoms with Crippen molar-refractivity contribution in [1.82, 2.24) is 23.6 Å². The van der Waals surface area contributed by atoms with Crippen molar-refractivity contribution >= 4 is 32.8 Å². The molecule has 1 aliphatic rings. The molecule has 1 fully saturated rings. The number of fused-ring (bicyclic) bond motifs is 3. The van der Waals surface area contributed by atoms with Crippen molar-refractivity contribution in [2.45, 2.75) is 56.4 Å². The van der Waals surface area contributed by atoms with E-state index in [2.05, 4.69) is 22.1 Å². The maximum Gasteiger partial charge on any atom is 0.310 e. The minimum absolute atomic E-state index is 0.00202. The number of carbonyl (C=O) groups is 1. The van der Waals surface area contributed by atoms with Crippen molar-refractivity contribution in [3.8, 4) is 0 Å². The molecule has 0 saturated heterocycles. The number of hydrogen-bond donors (Lipinski definition) is 0. The van der Waals surface area contributed by atoms with Gasteiger partial charge in [0.05, 0.1) is 23.0 Å². The molecule has 6 rings (SSSR count). The molecule has 0 aliphatic heterocycles. The Kier molecular flexibility index (Phi) is 6.42. The molecule has 10 heteroatoms. The highest BCUT2D eigenvalue weighted by atomic mass is 32.2. The average molecular weight is 544 g/mol. The Balaban J connectivity index is 1.32. The first kappa shape index (κ1) is 25.2. The van der Waals surface area contributed by atoms with Crippen LogP contribution >= 0.6 is 0 Å². The zero-order chi connectivity index (χ0) is 27.1. The van der Waals surface area contributed by atoms with Gasteiger partial charge in [-0.3, -0.25) is 9.20 Å². The molecule has 200 valence electrons. The van der Waals surface area contributed by atoms with Gasteiger partial charge in [-0.2, -0.15) is 0 Å². The smallest absolute Gasteiger partial charge is 0.310 e. The summed E-state index contributed by atoms with van der Waals surface area (Å²) in [5.41, 5.74) is 3.37. The molecule has 3 atom stereocenters. The quantitative estimate of drug-likeness (QED) is 0.274. The first-order chi connectivity index (χ1) is 18.8. The van der Waals surface area contributed by atoms with E-state index in [1.165, 1.54) is 10.2 Å². The van der Waals surface area contributed by atoms with Crippen LogP contribution in [0.2, 0.25) is 0 Å². The van der Waals surface area contributed by atoms with Crippen molar-refractivity contribution in [1.29, 1.82) is 0 Å². The van der Waals surface area contributed by atoms with Crippen LogP contribution in [0.3, 0.4) is 0 Å². The van der Waals surface area contributed by atoms with Crippen LogP contribution in [0.15, 0.2) is 78.0 Å². The Morgan fingerprint density at radius 2 is 1.79 bits per heavy atom. The van der Waals surface area contributed by atoms with Gasteiger partial charge in [-0.15, -0.1) is 10.2 Å². The fraction of sp³-hybridized carbons (Fsp3) is 0.310. The second kappa shape index (κ2) is 9.92. The van der Waals surface area contributed by atoms with E-state index in [1.807, 2.05) is 41.7 Å². The van der Waals surface area contributed by atoms with E-state index >= 15 is 0 Å². The van der Waals surface area contributed by atoms with Crippen LogP contribution in [0.5, 0.6) is 0 Å². The molecule has 39 heavy (non-hydrogen) atoms. The van der Waals surface area contributed by atoms with Crippen molar-refractivity contribution in [2.24, 2.45) is 5.92 Å². The molecule has 1 saturated carbocycles. The number of aryl methyl sites for hydroxylation is 1. The molecule has 9 nitrogen and oxygen atoms in total. The van der Waals surface area contributed by atoms with Crippen LogP contribution in [-0.2, 0) is 26.0 Å². The number of aromatic nitrogens is 5. The summed E-state index contributed by atoms with van der Waals surface area (Å²) in [7, 11) is -3.84. The van der Waals surface area contributed by atoms with Gasteiger partial charge in [0.25, 0.3) is 10.0 Å². The predicted molar refractivity (Wildman–Crippen MR) is 146 cm³/mol. The Morgan fingerprint density at radius 1 is 1.03 bits per heavy atom. The molecule has 0 N–H and O–H groups in total. The monoisotopic (exact) mass is 543 g/mol. The van der Waals surface area contributed by atoms with Gasteiger partial charge in [0.15, 0.2) is 11.3 Å². The Hall–Kier alpha value is -4.05. The Morgan fingerprint density at radius 3 is 2.54 bits per heavy atom. The first-order valence-corrected chi connectivity index (χ1v) is 14.6. The summed E-state index contributed by atoms with van der Waals surface area (Å²) in [4.78, 5) is 17.3. The van der Waals surface area contributed by atoms with Crippen molar-refractivity contribution in [2.75, 3.05) is 0 Å². The van der Waals surface area contributed by atoms with Gasteiger partial charge in [-0.25, -0.2) is 17.4 Å². The highest BCUT2D eigenvalue weighted by molar-refractivity contribution is 7.90. The molecular formula is C29H29N5O4S. The van der Waals surface area contributed by atoms with Gasteiger partial charge in [0.1, 0.15) is 11.9 Å². The third kappa shape index (κ3) is 4.58. The van der Waals surface area contributed by atoms with Crippen LogP contribution in [0.25, 0.3) is 16.8 Å². The fourth-order valence-electron chi connectivity index (χ4n) is 5.64. The molecule has 1 aliphatic carbocycles. The zero-order valence-corrected chi connectivity index (χ0v) is 22.6. The molecule has 0 spiro atoms. The van der Waals surface area contributed by atoms with Gasteiger partial charge in [-0.05, 0) is 49.4 Å². The van der Waals surface area contributed by atoms with Crippen LogP contribution in [0.1, 0.15) is 49.1 Å². The summed E-state index contributed by atoms with van der Waals surface area (Å²) in [5.74, 6) is 0.741. The maximum atomic E-state index is 13.4. The van der Waals surface area contributed by atoms with Crippen LogP contribution < -0.4 is 0 Å². The zero-order valence-electron chi connectivity index (χ0n) is 21.8. The molecule has 0 radical (unpaired) electrons. The lowest BCUT2D eigenvalue weighted by Crippen LogP contribution is -2.17. The summed E-state index contributed by atoms with van der Waals surface area (Å²) in [6.45, 7) is 4.03. The molecule has 3 heterocycles. The Bertz CT molecular complexity index is 1760. The number of nitrogens with zero attached hydrogens (tertiary/aromatic N) is 5. The standard InChI is InChI=1S/C29H29N5O4S/c1-3-21-16-22(38-27(35)15-20-7-5-4-6-8-20)17-24(21)28-32-31-26-18-30-29-25(34(26)28)13-14-33(29)39(36,37)23-11-9-19(2)10-12-23/h4-14,18,21-22,24H,3,15-17H2,1-2H3/t21-,22+,24?/m1/s1. The summed E-state index contributed by atoms with van der Waals surface area (Å²) in [6, 6.07) is 18.1. The molecule has 0 amide bonds. The molecule has 3 aromatic heterocycles. The second-order valence-corrected chi connectivity index (χ2v) is 12.0. The highest BCUT2D eigenvalue weighted by Gasteiger charge is 2.39. The fourth-order valence-corrected chi connectivity index (χ4v) is 6.93. The van der Waals surface area contributed by atoms with Gasteiger partial charge >= 0.3 is 5.97 Å². The summed E-state index contributed by atoms with van der Waals surface area (Å²) in [6.07, 6.45) is 5.36. The number of rotatable bonds is 7. The van der Waals surface area contributed by atoms with Crippen molar-refractivity contribution < 1.29 is 17.9 Å². The lowest BCUT2D eigenvalue weighted by molar-refractivity contribution is -0.148. The Labute approximate surface area is 226 Å². The van der Waals surface area contributed by atoms with E-state index in [9.17, 15) is 13.2 Å². The average Bonchev–Trinajstić information content (AvgIpc) is 3.65. The van der Waals surface area contributed by atoms with Crippen molar-refractivity contribution in [3.63, 3.8) is 0 Å². The van der Waals surface area contributed by atoms with Gasteiger partial charge in [-0.1, -0.05) is 61.4 Å². The summed E-state index contributed by atoms with van der Waals surface area (Å²) < 4.78 is 35.9.